The van der Waals surface area contributed by atoms with Gasteiger partial charge < -0.3 is 20.8 Å². The van der Waals surface area contributed by atoms with Crippen LogP contribution < -0.4 is 5.32 Å². The lowest BCUT2D eigenvalue weighted by Gasteiger charge is -1.99. The standard InChI is InChI=1S/C5H9NO2.HN2O2/c7-5(8)4-2-1-3-6-4;1-2(3)4/h4,6H,1-3H2,(H,7,8);(H-,1,3,4)/q;-1/t4-;/m0./s1. The van der Waals surface area contributed by atoms with E-state index in [1.165, 1.54) is 0 Å². The van der Waals surface area contributed by atoms with E-state index in [1.54, 1.807) is 0 Å². The second kappa shape index (κ2) is 5.30. The van der Waals surface area contributed by atoms with Crippen molar-refractivity contribution in [3.8, 4) is 0 Å². The number of hydrogen-bond donors (Lipinski definition) is 3. The summed E-state index contributed by atoms with van der Waals surface area (Å²) in [5.74, 6) is -0.720. The molecule has 7 heteroatoms. The number of carbonyl (C=O) groups is 1. The molecule has 7 nitrogen and oxygen atoms in total. The Morgan fingerprint density at radius 1 is 1.67 bits per heavy atom. The summed E-state index contributed by atoms with van der Waals surface area (Å²) in [6.45, 7) is 0.858. The van der Waals surface area contributed by atoms with E-state index in [0.717, 1.165) is 19.4 Å². The van der Waals surface area contributed by atoms with Crippen LogP contribution in [0.4, 0.5) is 0 Å². The average molecular weight is 176 g/mol. The zero-order valence-corrected chi connectivity index (χ0v) is 6.32. The minimum absolute atomic E-state index is 0.269. The zero-order chi connectivity index (χ0) is 9.56. The van der Waals surface area contributed by atoms with Gasteiger partial charge in [0.25, 0.3) is 0 Å². The fraction of sp³-hybridized carbons (Fsp3) is 0.800. The molecule has 1 fully saturated rings. The lowest BCUT2D eigenvalue weighted by atomic mass is 10.2. The summed E-state index contributed by atoms with van der Waals surface area (Å²) in [5, 5.41) is 26.9. The minimum atomic E-state index is -1.25. The summed E-state index contributed by atoms with van der Waals surface area (Å²) >= 11 is 0. The molecule has 0 amide bonds. The molecule has 1 rings (SSSR count). The van der Waals surface area contributed by atoms with Crippen molar-refractivity contribution < 1.29 is 14.9 Å². The maximum Gasteiger partial charge on any atom is 0.320 e. The van der Waals surface area contributed by atoms with Crippen LogP contribution in [0.25, 0.3) is 0 Å². The molecule has 0 aromatic carbocycles. The van der Waals surface area contributed by atoms with Crippen LogP contribution in [0.2, 0.25) is 0 Å². The molecule has 70 valence electrons. The van der Waals surface area contributed by atoms with Crippen LogP contribution in [0.5, 0.6) is 0 Å². The van der Waals surface area contributed by atoms with E-state index in [4.69, 9.17) is 21.1 Å². The topological polar surface area (TPSA) is 122 Å². The quantitative estimate of drug-likeness (QED) is 0.378. The lowest BCUT2D eigenvalue weighted by Crippen LogP contribution is -2.29. The molecule has 1 saturated heterocycles. The molecule has 0 aromatic rings. The number of hydrogen-bond acceptors (Lipinski definition) is 5. The minimum Gasteiger partial charge on any atom is -0.588 e. The van der Waals surface area contributed by atoms with E-state index in [0.29, 0.717) is 0 Å². The van der Waals surface area contributed by atoms with Crippen molar-refractivity contribution in [2.24, 2.45) is 0 Å². The third kappa shape index (κ3) is 5.42. The van der Waals surface area contributed by atoms with Gasteiger partial charge in [0, 0.05) is 0 Å². The smallest absolute Gasteiger partial charge is 0.320 e. The Balaban J connectivity index is 0.000000261. The van der Waals surface area contributed by atoms with E-state index in [9.17, 15) is 4.79 Å². The highest BCUT2D eigenvalue weighted by atomic mass is 16.8. The van der Waals surface area contributed by atoms with Crippen LogP contribution in [0.15, 0.2) is 0 Å². The van der Waals surface area contributed by atoms with Gasteiger partial charge in [0.1, 0.15) is 6.04 Å². The van der Waals surface area contributed by atoms with Crippen molar-refractivity contribution in [3.63, 3.8) is 0 Å². The Morgan fingerprint density at radius 3 is 2.33 bits per heavy atom. The zero-order valence-electron chi connectivity index (χ0n) is 6.32. The van der Waals surface area contributed by atoms with Crippen LogP contribution in [0.1, 0.15) is 12.8 Å². The van der Waals surface area contributed by atoms with Gasteiger partial charge in [-0.25, -0.2) is 0 Å². The molecule has 0 spiro atoms. The van der Waals surface area contributed by atoms with Crippen molar-refractivity contribution >= 4 is 5.97 Å². The maximum atomic E-state index is 10.1. The van der Waals surface area contributed by atoms with Crippen LogP contribution in [-0.4, -0.2) is 28.7 Å². The van der Waals surface area contributed by atoms with E-state index >= 15 is 0 Å². The van der Waals surface area contributed by atoms with Gasteiger partial charge >= 0.3 is 5.97 Å². The molecular formula is C5H10N3O4-. The molecule has 0 aromatic heterocycles. The van der Waals surface area contributed by atoms with Crippen LogP contribution in [-0.2, 0) is 4.79 Å². The van der Waals surface area contributed by atoms with E-state index in [2.05, 4.69) is 5.32 Å². The SMILES string of the molecule is N=[N+]([O-])[O-].O=C(O)[C@@H]1CCCN1. The second-order valence-corrected chi connectivity index (χ2v) is 2.24. The first kappa shape index (κ1) is 10.6. The molecule has 0 saturated carbocycles. The molecule has 1 aliphatic heterocycles. The Bertz CT molecular complexity index is 162. The molecule has 0 aliphatic carbocycles. The first-order valence-electron chi connectivity index (χ1n) is 3.36. The third-order valence-corrected chi connectivity index (χ3v) is 1.36. The van der Waals surface area contributed by atoms with Crippen LogP contribution >= 0.6 is 0 Å². The van der Waals surface area contributed by atoms with Gasteiger partial charge in [0.15, 0.2) is 0 Å². The molecule has 1 atom stereocenters. The van der Waals surface area contributed by atoms with Crippen LogP contribution in [0.3, 0.4) is 0 Å². The summed E-state index contributed by atoms with van der Waals surface area (Å²) in [7, 11) is 0. The first-order valence-corrected chi connectivity index (χ1v) is 3.36. The number of carboxylic acid groups (broad SMARTS) is 1. The van der Waals surface area contributed by atoms with Gasteiger partial charge in [-0.05, 0) is 24.9 Å². The lowest BCUT2D eigenvalue weighted by molar-refractivity contribution is -0.482. The van der Waals surface area contributed by atoms with Gasteiger partial charge in [0.05, 0.1) is 0 Å². The fourth-order valence-electron chi connectivity index (χ4n) is 0.895. The molecular weight excluding hydrogens is 166 g/mol. The molecule has 1 heterocycles. The van der Waals surface area contributed by atoms with E-state index in [1.807, 2.05) is 0 Å². The predicted molar refractivity (Wildman–Crippen MR) is 38.4 cm³/mol. The number of rotatable bonds is 1. The van der Waals surface area contributed by atoms with Crippen molar-refractivity contribution in [2.45, 2.75) is 18.9 Å². The van der Waals surface area contributed by atoms with E-state index < -0.39 is 11.0 Å². The average Bonchev–Trinajstić information content (AvgIpc) is 2.34. The number of nitrogens with one attached hydrogen (secondary N) is 2. The Kier molecular flexibility index (Phi) is 4.70. The van der Waals surface area contributed by atoms with Crippen molar-refractivity contribution in [1.82, 2.24) is 5.32 Å². The van der Waals surface area contributed by atoms with E-state index in [-0.39, 0.29) is 6.04 Å². The van der Waals surface area contributed by atoms with Gasteiger partial charge in [0.2, 0.25) is 0 Å². The molecule has 3 N–H and O–H groups in total. The Labute approximate surface area is 68.6 Å². The highest BCUT2D eigenvalue weighted by molar-refractivity contribution is 5.73. The number of aliphatic carboxylic acids is 1. The molecule has 0 unspecified atom stereocenters. The highest BCUT2D eigenvalue weighted by Gasteiger charge is 2.20. The molecule has 1 aliphatic rings. The Hall–Kier alpha value is -1.37. The number of nitrogens with zero attached hydrogens (tertiary/aromatic N) is 1. The predicted octanol–water partition coefficient (Wildman–Crippen LogP) is -0.152. The van der Waals surface area contributed by atoms with Gasteiger partial charge in [-0.2, -0.15) is 0 Å². The largest absolute Gasteiger partial charge is 0.588 e. The van der Waals surface area contributed by atoms with Crippen LogP contribution in [0, 0.1) is 15.9 Å². The second-order valence-electron chi connectivity index (χ2n) is 2.24. The molecule has 12 heavy (non-hydrogen) atoms. The number of carboxylic acids is 1. The van der Waals surface area contributed by atoms with Gasteiger partial charge in [-0.15, -0.1) is 0 Å². The van der Waals surface area contributed by atoms with Crippen molar-refractivity contribution in [1.29, 1.82) is 5.53 Å². The monoisotopic (exact) mass is 176 g/mol. The summed E-state index contributed by atoms with van der Waals surface area (Å²) in [6.07, 6.45) is 1.78. The highest BCUT2D eigenvalue weighted by Crippen LogP contribution is 2.03. The summed E-state index contributed by atoms with van der Waals surface area (Å²) in [6, 6.07) is -0.269. The van der Waals surface area contributed by atoms with Gasteiger partial charge in [-0.3, -0.25) is 4.79 Å². The molecule has 0 radical (unpaired) electrons. The van der Waals surface area contributed by atoms with Crippen molar-refractivity contribution in [2.75, 3.05) is 6.54 Å². The summed E-state index contributed by atoms with van der Waals surface area (Å²) in [5.41, 5.74) is 5.31. The first-order chi connectivity index (χ1) is 5.54. The van der Waals surface area contributed by atoms with Crippen molar-refractivity contribution in [3.05, 3.63) is 10.4 Å². The molecule has 0 bridgehead atoms. The maximum absolute atomic E-state index is 10.1. The summed E-state index contributed by atoms with van der Waals surface area (Å²) in [4.78, 5) is 10.1. The third-order valence-electron chi connectivity index (χ3n) is 1.36. The normalized spacial score (nSPS) is 20.8. The summed E-state index contributed by atoms with van der Waals surface area (Å²) < 4.78 is 0. The Morgan fingerprint density at radius 2 is 2.17 bits per heavy atom. The van der Waals surface area contributed by atoms with Gasteiger partial charge in [-0.1, -0.05) is 5.02 Å². The fourth-order valence-corrected chi connectivity index (χ4v) is 0.895.